The predicted octanol–water partition coefficient (Wildman–Crippen LogP) is 7.01. The van der Waals surface area contributed by atoms with Gasteiger partial charge >= 0.3 is 0 Å². The van der Waals surface area contributed by atoms with E-state index >= 15 is 0 Å². The zero-order valence-corrected chi connectivity index (χ0v) is 15.0. The van der Waals surface area contributed by atoms with Gasteiger partial charge < -0.3 is 0 Å². The van der Waals surface area contributed by atoms with Crippen LogP contribution in [0.2, 0.25) is 0 Å². The fourth-order valence-corrected chi connectivity index (χ4v) is 3.83. The van der Waals surface area contributed by atoms with Crippen LogP contribution in [0.4, 0.5) is 0 Å². The fraction of sp³-hybridized carbons (Fsp3) is 0.200. The molecule has 0 bridgehead atoms. The summed E-state index contributed by atoms with van der Waals surface area (Å²) < 4.78 is 0. The van der Waals surface area contributed by atoms with Crippen molar-refractivity contribution in [1.29, 1.82) is 0 Å². The third-order valence-electron chi connectivity index (χ3n) is 4.95. The molecule has 0 spiro atoms. The van der Waals surface area contributed by atoms with Gasteiger partial charge in [-0.3, -0.25) is 0 Å². The molecule has 0 unspecified atom stereocenters. The van der Waals surface area contributed by atoms with Crippen molar-refractivity contribution in [2.45, 2.75) is 26.7 Å². The van der Waals surface area contributed by atoms with Crippen LogP contribution in [0.15, 0.2) is 78.4 Å². The van der Waals surface area contributed by atoms with E-state index in [1.54, 1.807) is 5.57 Å². The normalized spacial score (nSPS) is 13.0. The van der Waals surface area contributed by atoms with E-state index in [0.717, 1.165) is 6.42 Å². The fourth-order valence-electron chi connectivity index (χ4n) is 3.83. The monoisotopic (exact) mass is 324 g/mol. The molecule has 4 rings (SSSR count). The van der Waals surface area contributed by atoms with E-state index in [9.17, 15) is 0 Å². The third kappa shape index (κ3) is 3.30. The van der Waals surface area contributed by atoms with Gasteiger partial charge in [-0.1, -0.05) is 98.3 Å². The largest absolute Gasteiger partial charge is 0.0649 e. The first-order valence-corrected chi connectivity index (χ1v) is 9.18. The Labute approximate surface area is 150 Å². The first kappa shape index (κ1) is 15.9. The molecule has 0 aromatic heterocycles. The minimum absolute atomic E-state index is 0.717. The third-order valence-corrected chi connectivity index (χ3v) is 4.95. The van der Waals surface area contributed by atoms with Crippen molar-refractivity contribution in [3.63, 3.8) is 0 Å². The molecule has 0 radical (unpaired) electrons. The molecule has 0 N–H and O–H groups in total. The molecule has 0 saturated heterocycles. The summed E-state index contributed by atoms with van der Waals surface area (Å²) in [5.74, 6) is 0.717. The van der Waals surface area contributed by atoms with Crippen molar-refractivity contribution in [1.82, 2.24) is 0 Å². The lowest BCUT2D eigenvalue weighted by Gasteiger charge is -2.11. The van der Waals surface area contributed by atoms with Crippen LogP contribution in [0.1, 0.15) is 31.4 Å². The first-order chi connectivity index (χ1) is 12.2. The summed E-state index contributed by atoms with van der Waals surface area (Å²) >= 11 is 0. The van der Waals surface area contributed by atoms with Gasteiger partial charge in [0.25, 0.3) is 0 Å². The summed E-state index contributed by atoms with van der Waals surface area (Å²) in [6.45, 7) is 4.60. The van der Waals surface area contributed by atoms with Gasteiger partial charge in [-0.15, -0.1) is 0 Å². The van der Waals surface area contributed by atoms with Gasteiger partial charge in [-0.05, 0) is 52.1 Å². The smallest absolute Gasteiger partial charge is 0.00516 e. The lowest BCUT2D eigenvalue weighted by molar-refractivity contribution is 0.638. The van der Waals surface area contributed by atoms with Crippen LogP contribution < -0.4 is 0 Å². The highest BCUT2D eigenvalue weighted by Gasteiger charge is 2.17. The molecule has 0 amide bonds. The van der Waals surface area contributed by atoms with Crippen LogP contribution in [0.3, 0.4) is 0 Å². The lowest BCUT2D eigenvalue weighted by Crippen LogP contribution is -1.94. The van der Waals surface area contributed by atoms with Gasteiger partial charge in [0.2, 0.25) is 0 Å². The van der Waals surface area contributed by atoms with Crippen LogP contribution in [0, 0.1) is 5.92 Å². The zero-order valence-electron chi connectivity index (χ0n) is 15.0. The van der Waals surface area contributed by atoms with Crippen molar-refractivity contribution in [2.24, 2.45) is 5.92 Å². The molecule has 0 heterocycles. The summed E-state index contributed by atoms with van der Waals surface area (Å²) in [6.07, 6.45) is 4.70. The van der Waals surface area contributed by atoms with Crippen LogP contribution in [0.5, 0.6) is 0 Å². The maximum Gasteiger partial charge on any atom is -0.00516 e. The Morgan fingerprint density at radius 2 is 1.40 bits per heavy atom. The van der Waals surface area contributed by atoms with Gasteiger partial charge in [-0.2, -0.15) is 0 Å². The van der Waals surface area contributed by atoms with E-state index in [2.05, 4.69) is 92.7 Å². The summed E-state index contributed by atoms with van der Waals surface area (Å²) in [4.78, 5) is 0. The van der Waals surface area contributed by atoms with Gasteiger partial charge in [-0.25, -0.2) is 0 Å². The highest BCUT2D eigenvalue weighted by molar-refractivity contribution is 5.78. The van der Waals surface area contributed by atoms with Crippen molar-refractivity contribution in [3.05, 3.63) is 89.5 Å². The topological polar surface area (TPSA) is 0 Å². The van der Waals surface area contributed by atoms with E-state index in [1.165, 1.54) is 39.8 Å². The van der Waals surface area contributed by atoms with Crippen LogP contribution in [0.25, 0.3) is 28.3 Å². The van der Waals surface area contributed by atoms with Gasteiger partial charge in [0.05, 0.1) is 0 Å². The molecule has 0 aliphatic heterocycles. The molecule has 0 atom stereocenters. The summed E-state index contributed by atoms with van der Waals surface area (Å²) in [6, 6.07) is 26.3. The number of allylic oxidation sites excluding steroid dienone is 1. The molecule has 0 saturated carbocycles. The maximum absolute atomic E-state index is 2.40. The minimum Gasteiger partial charge on any atom is -0.0649 e. The van der Waals surface area contributed by atoms with Crippen molar-refractivity contribution >= 4 is 6.08 Å². The molecule has 1 aliphatic carbocycles. The van der Waals surface area contributed by atoms with E-state index in [4.69, 9.17) is 0 Å². The van der Waals surface area contributed by atoms with Crippen LogP contribution in [-0.2, 0) is 6.42 Å². The summed E-state index contributed by atoms with van der Waals surface area (Å²) in [7, 11) is 0. The molecule has 0 fully saturated rings. The highest BCUT2D eigenvalue weighted by atomic mass is 14.2. The Hall–Kier alpha value is -2.60. The Morgan fingerprint density at radius 1 is 0.720 bits per heavy atom. The standard InChI is InChI=1S/C25H24/c1-18(2)15-19-16-23-9-6-10-24(25(23)17-19)22-13-11-21(12-14-22)20-7-4-3-5-8-20/h3-14,16,18H,15,17H2,1-2H3. The van der Waals surface area contributed by atoms with Gasteiger partial charge in [0.15, 0.2) is 0 Å². The average molecular weight is 324 g/mol. The number of hydrogen-bond donors (Lipinski definition) is 0. The Kier molecular flexibility index (Phi) is 4.28. The molecular formula is C25H24. The predicted molar refractivity (Wildman–Crippen MR) is 108 cm³/mol. The van der Waals surface area contributed by atoms with Crippen LogP contribution in [-0.4, -0.2) is 0 Å². The second kappa shape index (κ2) is 6.72. The van der Waals surface area contributed by atoms with Gasteiger partial charge in [0, 0.05) is 0 Å². The molecule has 124 valence electrons. The van der Waals surface area contributed by atoms with Gasteiger partial charge in [0.1, 0.15) is 0 Å². The van der Waals surface area contributed by atoms with Crippen molar-refractivity contribution in [3.8, 4) is 22.3 Å². The quantitative estimate of drug-likeness (QED) is 0.484. The zero-order chi connectivity index (χ0) is 17.2. The SMILES string of the molecule is CC(C)CC1=Cc2cccc(-c3ccc(-c4ccccc4)cc3)c2C1. The second-order valence-electron chi connectivity index (χ2n) is 7.39. The molecule has 3 aromatic rings. The number of fused-ring (bicyclic) bond motifs is 1. The molecule has 1 aliphatic rings. The van der Waals surface area contributed by atoms with Crippen molar-refractivity contribution < 1.29 is 0 Å². The Morgan fingerprint density at radius 3 is 2.12 bits per heavy atom. The highest BCUT2D eigenvalue weighted by Crippen LogP contribution is 2.36. The van der Waals surface area contributed by atoms with Crippen molar-refractivity contribution in [2.75, 3.05) is 0 Å². The van der Waals surface area contributed by atoms with Crippen LogP contribution >= 0.6 is 0 Å². The maximum atomic E-state index is 2.40. The van der Waals surface area contributed by atoms with E-state index in [0.29, 0.717) is 5.92 Å². The molecular weight excluding hydrogens is 300 g/mol. The number of benzene rings is 3. The lowest BCUT2D eigenvalue weighted by atomic mass is 9.93. The van der Waals surface area contributed by atoms with E-state index < -0.39 is 0 Å². The van der Waals surface area contributed by atoms with E-state index in [1.807, 2.05) is 0 Å². The summed E-state index contributed by atoms with van der Waals surface area (Å²) in [5, 5.41) is 0. The average Bonchev–Trinajstić information content (AvgIpc) is 3.04. The second-order valence-corrected chi connectivity index (χ2v) is 7.39. The number of hydrogen-bond acceptors (Lipinski definition) is 0. The molecule has 3 aromatic carbocycles. The Bertz CT molecular complexity index is 897. The minimum atomic E-state index is 0.717. The first-order valence-electron chi connectivity index (χ1n) is 9.18. The Balaban J connectivity index is 1.64. The number of rotatable bonds is 4. The summed E-state index contributed by atoms with van der Waals surface area (Å²) in [5.41, 5.74) is 9.70. The molecule has 0 heteroatoms. The molecule has 0 nitrogen and oxygen atoms in total. The van der Waals surface area contributed by atoms with E-state index in [-0.39, 0.29) is 0 Å². The molecule has 25 heavy (non-hydrogen) atoms.